The Kier molecular flexibility index (Phi) is 4.36. The van der Waals surface area contributed by atoms with E-state index in [1.165, 1.54) is 25.1 Å². The second kappa shape index (κ2) is 5.86. The van der Waals surface area contributed by atoms with Crippen LogP contribution in [-0.4, -0.2) is 10.0 Å². The van der Waals surface area contributed by atoms with E-state index in [0.29, 0.717) is 4.88 Å². The van der Waals surface area contributed by atoms with Gasteiger partial charge in [-0.25, -0.2) is 4.39 Å². The number of halogens is 2. The number of thiophene rings is 1. The molecule has 2 aromatic rings. The van der Waals surface area contributed by atoms with Crippen LogP contribution < -0.4 is 4.74 Å². The highest BCUT2D eigenvalue weighted by Gasteiger charge is 2.23. The minimum absolute atomic E-state index is 0.00706. The Morgan fingerprint density at radius 3 is 2.75 bits per heavy atom. The molecule has 1 heterocycles. The zero-order chi connectivity index (χ0) is 14.9. The van der Waals surface area contributed by atoms with Crippen molar-refractivity contribution in [2.75, 3.05) is 0 Å². The number of hydrogen-bond acceptors (Lipinski definition) is 5. The van der Waals surface area contributed by atoms with Crippen molar-refractivity contribution < 1.29 is 19.2 Å². The lowest BCUT2D eigenvalue weighted by Crippen LogP contribution is -1.90. The molecule has 1 N–H and O–H groups in total. The highest BCUT2D eigenvalue weighted by molar-refractivity contribution is 9.10. The molecule has 0 radical (unpaired) electrons. The lowest BCUT2D eigenvalue weighted by molar-refractivity contribution is -0.385. The molecule has 106 valence electrons. The van der Waals surface area contributed by atoms with Gasteiger partial charge in [0.2, 0.25) is 0 Å². The number of ether oxygens (including phenoxy) is 1. The van der Waals surface area contributed by atoms with Crippen LogP contribution in [0.2, 0.25) is 0 Å². The summed E-state index contributed by atoms with van der Waals surface area (Å²) >= 11 is 3.96. The Morgan fingerprint density at radius 2 is 2.20 bits per heavy atom. The maximum absolute atomic E-state index is 13.4. The van der Waals surface area contributed by atoms with Crippen LogP contribution in [0.25, 0.3) is 0 Å². The molecule has 0 bridgehead atoms. The Balaban J connectivity index is 2.36. The summed E-state index contributed by atoms with van der Waals surface area (Å²) in [5, 5.41) is 20.4. The SMILES string of the molecule is C[C@@H](O)c1cc([N+](=O)[O-])c(Oc2ccc(Br)c(F)c2)s1. The van der Waals surface area contributed by atoms with Crippen LogP contribution in [0.1, 0.15) is 17.9 Å². The molecule has 0 unspecified atom stereocenters. The Bertz CT molecular complexity index is 659. The van der Waals surface area contributed by atoms with Crippen molar-refractivity contribution >= 4 is 33.0 Å². The molecule has 1 atom stereocenters. The van der Waals surface area contributed by atoms with Gasteiger partial charge in [-0.1, -0.05) is 11.3 Å². The average Bonchev–Trinajstić information content (AvgIpc) is 2.78. The molecule has 20 heavy (non-hydrogen) atoms. The van der Waals surface area contributed by atoms with Gasteiger partial charge in [0.25, 0.3) is 5.06 Å². The van der Waals surface area contributed by atoms with E-state index < -0.39 is 16.8 Å². The molecule has 0 aliphatic rings. The van der Waals surface area contributed by atoms with Crippen molar-refractivity contribution in [1.82, 2.24) is 0 Å². The number of aliphatic hydroxyl groups is 1. The average molecular weight is 362 g/mol. The van der Waals surface area contributed by atoms with Crippen LogP contribution in [0, 0.1) is 15.9 Å². The van der Waals surface area contributed by atoms with Crippen molar-refractivity contribution in [1.29, 1.82) is 0 Å². The number of nitro groups is 1. The van der Waals surface area contributed by atoms with E-state index in [2.05, 4.69) is 15.9 Å². The number of benzene rings is 1. The van der Waals surface area contributed by atoms with Gasteiger partial charge in [0, 0.05) is 17.0 Å². The summed E-state index contributed by atoms with van der Waals surface area (Å²) in [6.07, 6.45) is -0.835. The normalized spacial score (nSPS) is 12.2. The first-order valence-electron chi connectivity index (χ1n) is 5.47. The van der Waals surface area contributed by atoms with Gasteiger partial charge in [-0.15, -0.1) is 0 Å². The van der Waals surface area contributed by atoms with Crippen molar-refractivity contribution in [2.45, 2.75) is 13.0 Å². The second-order valence-corrected chi connectivity index (χ2v) is 5.83. The standard InChI is InChI=1S/C12H9BrFNO4S/c1-6(16)11-5-10(15(17)18)12(20-11)19-7-2-3-8(13)9(14)4-7/h2-6,16H,1H3/t6-/m1/s1. The lowest BCUT2D eigenvalue weighted by Gasteiger charge is -2.03. The number of rotatable bonds is 4. The van der Waals surface area contributed by atoms with Gasteiger partial charge in [0.15, 0.2) is 0 Å². The fraction of sp³-hybridized carbons (Fsp3) is 0.167. The smallest absolute Gasteiger partial charge is 0.323 e. The third-order valence-electron chi connectivity index (χ3n) is 2.41. The molecule has 5 nitrogen and oxygen atoms in total. The third-order valence-corrected chi connectivity index (χ3v) is 4.22. The maximum Gasteiger partial charge on any atom is 0.323 e. The van der Waals surface area contributed by atoms with Gasteiger partial charge in [0.1, 0.15) is 11.6 Å². The molecule has 8 heteroatoms. The highest BCUT2D eigenvalue weighted by Crippen LogP contribution is 2.42. The molecule has 2 rings (SSSR count). The minimum Gasteiger partial charge on any atom is -0.440 e. The number of hydrogen-bond donors (Lipinski definition) is 1. The van der Waals surface area contributed by atoms with E-state index in [9.17, 15) is 19.6 Å². The molecule has 1 aromatic heterocycles. The van der Waals surface area contributed by atoms with Crippen LogP contribution in [-0.2, 0) is 0 Å². The topological polar surface area (TPSA) is 72.6 Å². The molecule has 0 aliphatic carbocycles. The molecular weight excluding hydrogens is 353 g/mol. The predicted octanol–water partition coefficient (Wildman–Crippen LogP) is 4.40. The van der Waals surface area contributed by atoms with E-state index in [1.54, 1.807) is 0 Å². The zero-order valence-corrected chi connectivity index (χ0v) is 12.6. The third kappa shape index (κ3) is 3.14. The molecule has 0 fully saturated rings. The van der Waals surface area contributed by atoms with E-state index in [0.717, 1.165) is 17.4 Å². The number of nitrogens with zero attached hydrogens (tertiary/aromatic N) is 1. The summed E-state index contributed by atoms with van der Waals surface area (Å²) in [6, 6.07) is 5.30. The fourth-order valence-corrected chi connectivity index (χ4v) is 2.61. The van der Waals surface area contributed by atoms with Crippen molar-refractivity contribution in [3.63, 3.8) is 0 Å². The van der Waals surface area contributed by atoms with Gasteiger partial charge in [-0.2, -0.15) is 0 Å². The van der Waals surface area contributed by atoms with Crippen LogP contribution in [0.4, 0.5) is 10.1 Å². The molecule has 0 saturated carbocycles. The predicted molar refractivity (Wildman–Crippen MR) is 75.8 cm³/mol. The zero-order valence-electron chi connectivity index (χ0n) is 10.2. The lowest BCUT2D eigenvalue weighted by atomic mass is 10.3. The largest absolute Gasteiger partial charge is 0.440 e. The van der Waals surface area contributed by atoms with Gasteiger partial charge in [0.05, 0.1) is 15.5 Å². The molecule has 0 saturated heterocycles. The molecular formula is C12H9BrFNO4S. The molecule has 0 amide bonds. The van der Waals surface area contributed by atoms with E-state index >= 15 is 0 Å². The van der Waals surface area contributed by atoms with E-state index in [1.807, 2.05) is 0 Å². The fourth-order valence-electron chi connectivity index (χ4n) is 1.44. The van der Waals surface area contributed by atoms with Crippen LogP contribution >= 0.6 is 27.3 Å². The summed E-state index contributed by atoms with van der Waals surface area (Å²) in [7, 11) is 0. The minimum atomic E-state index is -0.835. The van der Waals surface area contributed by atoms with Crippen LogP contribution in [0.15, 0.2) is 28.7 Å². The van der Waals surface area contributed by atoms with E-state index in [-0.39, 0.29) is 21.0 Å². The van der Waals surface area contributed by atoms with Gasteiger partial charge in [-0.05, 0) is 35.0 Å². The van der Waals surface area contributed by atoms with E-state index in [4.69, 9.17) is 4.74 Å². The first-order valence-corrected chi connectivity index (χ1v) is 7.08. The maximum atomic E-state index is 13.4. The Hall–Kier alpha value is -1.51. The van der Waals surface area contributed by atoms with Gasteiger partial charge in [-0.3, -0.25) is 10.1 Å². The van der Waals surface area contributed by atoms with Crippen molar-refractivity contribution in [3.8, 4) is 10.8 Å². The summed E-state index contributed by atoms with van der Waals surface area (Å²) in [5.74, 6) is -0.384. The Labute approximate surface area is 125 Å². The molecule has 0 aliphatic heterocycles. The highest BCUT2D eigenvalue weighted by atomic mass is 79.9. The summed E-state index contributed by atoms with van der Waals surface area (Å²) < 4.78 is 19.0. The summed E-state index contributed by atoms with van der Waals surface area (Å²) in [6.45, 7) is 1.50. The molecule has 1 aromatic carbocycles. The Morgan fingerprint density at radius 1 is 1.50 bits per heavy atom. The first kappa shape index (κ1) is 14.9. The van der Waals surface area contributed by atoms with Crippen molar-refractivity contribution in [2.24, 2.45) is 0 Å². The van der Waals surface area contributed by atoms with Crippen LogP contribution in [0.3, 0.4) is 0 Å². The number of aliphatic hydroxyl groups excluding tert-OH is 1. The van der Waals surface area contributed by atoms with Gasteiger partial charge >= 0.3 is 5.69 Å². The van der Waals surface area contributed by atoms with Crippen LogP contribution in [0.5, 0.6) is 10.8 Å². The molecule has 0 spiro atoms. The van der Waals surface area contributed by atoms with Crippen molar-refractivity contribution in [3.05, 3.63) is 49.5 Å². The monoisotopic (exact) mass is 361 g/mol. The van der Waals surface area contributed by atoms with Gasteiger partial charge < -0.3 is 9.84 Å². The quantitative estimate of drug-likeness (QED) is 0.646. The first-order chi connectivity index (χ1) is 9.38. The summed E-state index contributed by atoms with van der Waals surface area (Å²) in [5.41, 5.74) is -0.255. The second-order valence-electron chi connectivity index (χ2n) is 3.93. The summed E-state index contributed by atoms with van der Waals surface area (Å²) in [4.78, 5) is 10.7.